The molecule has 1 aliphatic heterocycles. The molecule has 2 aromatic heterocycles. The van der Waals surface area contributed by atoms with E-state index in [4.69, 9.17) is 9.97 Å². The van der Waals surface area contributed by atoms with Crippen molar-refractivity contribution in [1.82, 2.24) is 19.9 Å². The van der Waals surface area contributed by atoms with Crippen LogP contribution in [-0.2, 0) is 0 Å². The van der Waals surface area contributed by atoms with Crippen LogP contribution < -0.4 is 0 Å². The van der Waals surface area contributed by atoms with Gasteiger partial charge >= 0.3 is 0 Å². The normalized spacial score (nSPS) is 18.3. The summed E-state index contributed by atoms with van der Waals surface area (Å²) in [4.78, 5) is 16.7. The highest BCUT2D eigenvalue weighted by atomic mass is 15.1. The van der Waals surface area contributed by atoms with Crippen LogP contribution in [0.2, 0.25) is 0 Å². The SMILES string of the molecule is CC[C@H](C)CN1CCC[C@H](c2nc(-c3ccncc3)ncc2-c2ccccc2C)C1. The molecule has 1 aromatic carbocycles. The lowest BCUT2D eigenvalue weighted by atomic mass is 9.88. The predicted molar refractivity (Wildman–Crippen MR) is 123 cm³/mol. The van der Waals surface area contributed by atoms with Gasteiger partial charge in [0.05, 0.1) is 5.69 Å². The van der Waals surface area contributed by atoms with Crippen molar-refractivity contribution in [2.75, 3.05) is 19.6 Å². The number of aryl methyl sites for hydroxylation is 1. The smallest absolute Gasteiger partial charge is 0.159 e. The monoisotopic (exact) mass is 400 g/mol. The molecule has 1 fully saturated rings. The molecule has 3 aromatic rings. The first-order valence-corrected chi connectivity index (χ1v) is 11.2. The molecular weight excluding hydrogens is 368 g/mol. The number of piperidine rings is 1. The minimum absolute atomic E-state index is 0.431. The van der Waals surface area contributed by atoms with Crippen molar-refractivity contribution in [3.63, 3.8) is 0 Å². The zero-order chi connectivity index (χ0) is 20.9. The number of pyridine rings is 1. The number of hydrogen-bond acceptors (Lipinski definition) is 4. The number of hydrogen-bond donors (Lipinski definition) is 0. The maximum absolute atomic E-state index is 5.15. The average molecular weight is 401 g/mol. The van der Waals surface area contributed by atoms with Crippen LogP contribution in [0.1, 0.15) is 50.3 Å². The zero-order valence-electron chi connectivity index (χ0n) is 18.4. The topological polar surface area (TPSA) is 41.9 Å². The van der Waals surface area contributed by atoms with Crippen molar-refractivity contribution in [1.29, 1.82) is 0 Å². The van der Waals surface area contributed by atoms with E-state index in [2.05, 4.69) is 54.9 Å². The van der Waals surface area contributed by atoms with E-state index in [0.29, 0.717) is 5.92 Å². The molecule has 0 N–H and O–H groups in total. The molecule has 0 amide bonds. The number of rotatable bonds is 6. The highest BCUT2D eigenvalue weighted by Crippen LogP contribution is 2.35. The molecular formula is C26H32N4. The van der Waals surface area contributed by atoms with Crippen LogP contribution in [0.15, 0.2) is 55.0 Å². The minimum atomic E-state index is 0.431. The van der Waals surface area contributed by atoms with Crippen LogP contribution in [-0.4, -0.2) is 39.5 Å². The lowest BCUT2D eigenvalue weighted by molar-refractivity contribution is 0.180. The van der Waals surface area contributed by atoms with Crippen molar-refractivity contribution in [3.8, 4) is 22.5 Å². The summed E-state index contributed by atoms with van der Waals surface area (Å²) >= 11 is 0. The number of nitrogens with zero attached hydrogens (tertiary/aromatic N) is 4. The van der Waals surface area contributed by atoms with E-state index in [1.165, 1.54) is 54.7 Å². The van der Waals surface area contributed by atoms with E-state index in [1.54, 1.807) is 0 Å². The molecule has 4 nitrogen and oxygen atoms in total. The Hall–Kier alpha value is -2.59. The second-order valence-electron chi connectivity index (χ2n) is 8.66. The number of benzene rings is 1. The van der Waals surface area contributed by atoms with E-state index in [9.17, 15) is 0 Å². The Bertz CT molecular complexity index is 970. The second-order valence-corrected chi connectivity index (χ2v) is 8.66. The maximum Gasteiger partial charge on any atom is 0.159 e. The van der Waals surface area contributed by atoms with Crippen molar-refractivity contribution < 1.29 is 0 Å². The van der Waals surface area contributed by atoms with Gasteiger partial charge in [-0.1, -0.05) is 44.5 Å². The van der Waals surface area contributed by atoms with E-state index in [0.717, 1.165) is 23.9 Å². The van der Waals surface area contributed by atoms with Crippen molar-refractivity contribution in [2.45, 2.75) is 46.0 Å². The molecule has 0 aliphatic carbocycles. The highest BCUT2D eigenvalue weighted by Gasteiger charge is 2.26. The van der Waals surface area contributed by atoms with E-state index in [-0.39, 0.29) is 0 Å². The van der Waals surface area contributed by atoms with Gasteiger partial charge < -0.3 is 4.90 Å². The summed E-state index contributed by atoms with van der Waals surface area (Å²) in [5.41, 5.74) is 5.91. The molecule has 156 valence electrons. The van der Waals surface area contributed by atoms with Gasteiger partial charge in [-0.05, 0) is 55.5 Å². The van der Waals surface area contributed by atoms with Crippen LogP contribution in [0.3, 0.4) is 0 Å². The molecule has 1 saturated heterocycles. The Balaban J connectivity index is 1.74. The standard InChI is InChI=1S/C26H32N4/c1-4-19(2)17-30-15-7-9-22(18-30)25-24(23-10-6-5-8-20(23)3)16-28-26(29-25)21-11-13-27-14-12-21/h5-6,8,10-14,16,19,22H,4,7,9,15,17-18H2,1-3H3/t19-,22-/m0/s1. The fourth-order valence-electron chi connectivity index (χ4n) is 4.44. The molecule has 4 heteroatoms. The van der Waals surface area contributed by atoms with Gasteiger partial charge in [0.1, 0.15) is 0 Å². The number of aromatic nitrogens is 3. The summed E-state index contributed by atoms with van der Waals surface area (Å²) in [6.45, 7) is 10.3. The van der Waals surface area contributed by atoms with Crippen LogP contribution in [0, 0.1) is 12.8 Å². The first-order chi connectivity index (χ1) is 14.7. The van der Waals surface area contributed by atoms with E-state index >= 15 is 0 Å². The average Bonchev–Trinajstić information content (AvgIpc) is 2.80. The summed E-state index contributed by atoms with van der Waals surface area (Å²) < 4.78 is 0. The van der Waals surface area contributed by atoms with Crippen molar-refractivity contribution in [2.24, 2.45) is 5.92 Å². The van der Waals surface area contributed by atoms with Gasteiger partial charge in [-0.2, -0.15) is 0 Å². The number of likely N-dealkylation sites (tertiary alicyclic amines) is 1. The third kappa shape index (κ3) is 4.59. The van der Waals surface area contributed by atoms with Crippen LogP contribution in [0.4, 0.5) is 0 Å². The Morgan fingerprint density at radius 2 is 1.90 bits per heavy atom. The molecule has 0 bridgehead atoms. The summed E-state index contributed by atoms with van der Waals surface area (Å²) in [6, 6.07) is 12.6. The van der Waals surface area contributed by atoms with Gasteiger partial charge in [0.15, 0.2) is 5.82 Å². The van der Waals surface area contributed by atoms with Gasteiger partial charge in [-0.25, -0.2) is 9.97 Å². The molecule has 0 unspecified atom stereocenters. The Labute approximate surface area is 180 Å². The molecule has 30 heavy (non-hydrogen) atoms. The van der Waals surface area contributed by atoms with Crippen LogP contribution in [0.5, 0.6) is 0 Å². The van der Waals surface area contributed by atoms with Gasteiger partial charge in [-0.15, -0.1) is 0 Å². The fourth-order valence-corrected chi connectivity index (χ4v) is 4.44. The van der Waals surface area contributed by atoms with E-state index in [1.807, 2.05) is 30.7 Å². The second kappa shape index (κ2) is 9.48. The summed E-state index contributed by atoms with van der Waals surface area (Å²) in [5.74, 6) is 1.96. The third-order valence-corrected chi connectivity index (χ3v) is 6.35. The first-order valence-electron chi connectivity index (χ1n) is 11.2. The molecule has 1 aliphatic rings. The zero-order valence-corrected chi connectivity index (χ0v) is 18.4. The van der Waals surface area contributed by atoms with E-state index < -0.39 is 0 Å². The van der Waals surface area contributed by atoms with Crippen molar-refractivity contribution >= 4 is 0 Å². The Morgan fingerprint density at radius 3 is 2.67 bits per heavy atom. The molecule has 0 spiro atoms. The van der Waals surface area contributed by atoms with Crippen LogP contribution >= 0.6 is 0 Å². The third-order valence-electron chi connectivity index (χ3n) is 6.35. The fraction of sp³-hybridized carbons (Fsp3) is 0.423. The quantitative estimate of drug-likeness (QED) is 0.529. The molecule has 3 heterocycles. The largest absolute Gasteiger partial charge is 0.302 e. The summed E-state index contributed by atoms with van der Waals surface area (Å²) in [5, 5.41) is 0. The first kappa shape index (κ1) is 20.7. The summed E-state index contributed by atoms with van der Waals surface area (Å²) in [6.07, 6.45) is 9.29. The predicted octanol–water partition coefficient (Wildman–Crippen LogP) is 5.74. The maximum atomic E-state index is 5.15. The Morgan fingerprint density at radius 1 is 1.10 bits per heavy atom. The van der Waals surface area contributed by atoms with Gasteiger partial charge in [0.25, 0.3) is 0 Å². The van der Waals surface area contributed by atoms with Gasteiger partial charge in [-0.3, -0.25) is 4.98 Å². The Kier molecular flexibility index (Phi) is 6.53. The lowest BCUT2D eigenvalue weighted by Gasteiger charge is -2.34. The highest BCUT2D eigenvalue weighted by molar-refractivity contribution is 5.70. The van der Waals surface area contributed by atoms with Crippen molar-refractivity contribution in [3.05, 3.63) is 66.2 Å². The van der Waals surface area contributed by atoms with Crippen LogP contribution in [0.25, 0.3) is 22.5 Å². The molecule has 0 radical (unpaired) electrons. The molecule has 2 atom stereocenters. The van der Waals surface area contributed by atoms with Gasteiger partial charge in [0, 0.05) is 48.7 Å². The minimum Gasteiger partial charge on any atom is -0.302 e. The lowest BCUT2D eigenvalue weighted by Crippen LogP contribution is -2.37. The van der Waals surface area contributed by atoms with Gasteiger partial charge in [0.2, 0.25) is 0 Å². The molecule has 4 rings (SSSR count). The molecule has 0 saturated carbocycles. The summed E-state index contributed by atoms with van der Waals surface area (Å²) in [7, 11) is 0.